The van der Waals surface area contributed by atoms with Crippen LogP contribution in [0, 0.1) is 0 Å². The summed E-state index contributed by atoms with van der Waals surface area (Å²) >= 11 is 0. The van der Waals surface area contributed by atoms with Gasteiger partial charge < -0.3 is 0 Å². The van der Waals surface area contributed by atoms with Crippen molar-refractivity contribution in [1.82, 2.24) is 4.57 Å². The third kappa shape index (κ3) is 20.2. The van der Waals surface area contributed by atoms with Crippen LogP contribution in [0.4, 0.5) is 0 Å². The molecule has 0 N–H and O–H groups in total. The third-order valence-corrected chi connectivity index (χ3v) is 9.55. The summed E-state index contributed by atoms with van der Waals surface area (Å²) in [6.45, 7) is 6.96. The molecule has 2 rings (SSSR count). The van der Waals surface area contributed by atoms with Gasteiger partial charge in [-0.1, -0.05) is 192 Å². The van der Waals surface area contributed by atoms with Gasteiger partial charge in [-0.15, -0.1) is 0 Å². The molecule has 0 aliphatic rings. The number of nitrogens with zero attached hydrogens (tertiary/aromatic N) is 2. The van der Waals surface area contributed by atoms with E-state index in [2.05, 4.69) is 65.7 Å². The summed E-state index contributed by atoms with van der Waals surface area (Å²) in [5, 5.41) is 0. The summed E-state index contributed by atoms with van der Waals surface area (Å²) in [4.78, 5) is 0. The molecule has 2 heteroatoms. The second-order valence-electron chi connectivity index (χ2n) is 13.6. The van der Waals surface area contributed by atoms with Crippen LogP contribution in [-0.4, -0.2) is 4.57 Å². The lowest BCUT2D eigenvalue weighted by molar-refractivity contribution is -0.703. The van der Waals surface area contributed by atoms with Crippen molar-refractivity contribution in [3.63, 3.8) is 0 Å². The molecule has 1 heterocycles. The molecule has 0 amide bonds. The van der Waals surface area contributed by atoms with E-state index in [1.54, 1.807) is 0 Å². The van der Waals surface area contributed by atoms with Crippen LogP contribution < -0.4 is 4.57 Å². The minimum atomic E-state index is 1.05. The van der Waals surface area contributed by atoms with Gasteiger partial charge in [-0.25, -0.2) is 9.13 Å². The number of hydrogen-bond donors (Lipinski definition) is 0. The van der Waals surface area contributed by atoms with Crippen molar-refractivity contribution in [2.45, 2.75) is 207 Å². The summed E-state index contributed by atoms with van der Waals surface area (Å²) in [6.07, 6.45) is 44.2. The molecule has 2 aromatic rings. The first-order chi connectivity index (χ1) is 21.3. The topological polar surface area (TPSA) is 8.81 Å². The molecule has 2 nitrogen and oxygen atoms in total. The molecule has 0 unspecified atom stereocenters. The predicted octanol–water partition coefficient (Wildman–Crippen LogP) is 12.9. The molecule has 0 radical (unpaired) electrons. The van der Waals surface area contributed by atoms with Crippen molar-refractivity contribution >= 4 is 0 Å². The maximum Gasteiger partial charge on any atom is 0.260 e. The summed E-state index contributed by atoms with van der Waals surface area (Å²) in [5.74, 6) is 1.50. The standard InChI is InChI=1S/C41H73N2/c1-3-5-7-9-11-13-15-17-19-21-23-25-27-32-36-43-38-37-42(41(43)39-40-33-29-28-30-34-40)35-31-26-24-22-20-18-16-14-12-10-8-6-4-2/h28-30,33-34,37-38H,3-27,31-32,35-36,39H2,1-2H3/q+1. The zero-order chi connectivity index (χ0) is 30.5. The van der Waals surface area contributed by atoms with Crippen LogP contribution in [0.15, 0.2) is 42.7 Å². The van der Waals surface area contributed by atoms with Crippen molar-refractivity contribution in [2.24, 2.45) is 0 Å². The molecule has 0 spiro atoms. The van der Waals surface area contributed by atoms with Crippen molar-refractivity contribution in [1.29, 1.82) is 0 Å². The molecular formula is C41H73N2+. The lowest BCUT2D eigenvalue weighted by Crippen LogP contribution is -2.37. The summed E-state index contributed by atoms with van der Waals surface area (Å²) in [7, 11) is 0. The smallest absolute Gasteiger partial charge is 0.234 e. The minimum absolute atomic E-state index is 1.05. The fourth-order valence-corrected chi connectivity index (χ4v) is 6.66. The van der Waals surface area contributed by atoms with Gasteiger partial charge in [-0.05, 0) is 31.2 Å². The van der Waals surface area contributed by atoms with Gasteiger partial charge in [0, 0.05) is 0 Å². The number of hydrogen-bond acceptors (Lipinski definition) is 0. The van der Waals surface area contributed by atoms with Gasteiger partial charge in [0.15, 0.2) is 0 Å². The van der Waals surface area contributed by atoms with E-state index in [1.165, 1.54) is 198 Å². The second kappa shape index (κ2) is 27.9. The number of imidazole rings is 1. The molecule has 0 bridgehead atoms. The average Bonchev–Trinajstić information content (AvgIpc) is 3.40. The molecule has 0 aliphatic heterocycles. The van der Waals surface area contributed by atoms with E-state index in [4.69, 9.17) is 0 Å². The van der Waals surface area contributed by atoms with Gasteiger partial charge in [-0.3, -0.25) is 0 Å². The highest BCUT2D eigenvalue weighted by Gasteiger charge is 2.17. The van der Waals surface area contributed by atoms with Crippen LogP contribution in [0.25, 0.3) is 0 Å². The van der Waals surface area contributed by atoms with Gasteiger partial charge in [0.25, 0.3) is 5.82 Å². The third-order valence-electron chi connectivity index (χ3n) is 9.55. The van der Waals surface area contributed by atoms with Crippen LogP contribution in [-0.2, 0) is 19.5 Å². The van der Waals surface area contributed by atoms with Crippen molar-refractivity contribution in [2.75, 3.05) is 0 Å². The van der Waals surface area contributed by atoms with Crippen LogP contribution in [0.2, 0.25) is 0 Å². The Balaban J connectivity index is 1.58. The highest BCUT2D eigenvalue weighted by atomic mass is 15.1. The van der Waals surface area contributed by atoms with Crippen molar-refractivity contribution in [3.05, 3.63) is 54.1 Å². The Morgan fingerprint density at radius 2 is 0.860 bits per heavy atom. The Morgan fingerprint density at radius 3 is 1.30 bits per heavy atom. The largest absolute Gasteiger partial charge is 0.260 e. The predicted molar refractivity (Wildman–Crippen MR) is 190 cm³/mol. The van der Waals surface area contributed by atoms with Gasteiger partial charge in [-0.2, -0.15) is 0 Å². The molecule has 0 fully saturated rings. The molecule has 0 saturated heterocycles. The summed E-state index contributed by atoms with van der Waals surface area (Å²) in [6, 6.07) is 11.1. The molecule has 0 atom stereocenters. The minimum Gasteiger partial charge on any atom is -0.234 e. The van der Waals surface area contributed by atoms with Crippen LogP contribution in [0.5, 0.6) is 0 Å². The highest BCUT2D eigenvalue weighted by molar-refractivity contribution is 5.18. The number of benzene rings is 1. The first-order valence-electron chi connectivity index (χ1n) is 19.5. The van der Waals surface area contributed by atoms with E-state index >= 15 is 0 Å². The zero-order valence-corrected chi connectivity index (χ0v) is 29.1. The second-order valence-corrected chi connectivity index (χ2v) is 13.6. The normalized spacial score (nSPS) is 11.5. The van der Waals surface area contributed by atoms with E-state index in [-0.39, 0.29) is 0 Å². The highest BCUT2D eigenvalue weighted by Crippen LogP contribution is 2.15. The maximum absolute atomic E-state index is 2.57. The zero-order valence-electron chi connectivity index (χ0n) is 29.1. The average molecular weight is 594 g/mol. The Morgan fingerprint density at radius 1 is 0.465 bits per heavy atom. The molecule has 0 saturated carbocycles. The summed E-state index contributed by atoms with van der Waals surface area (Å²) < 4.78 is 5.13. The number of unbranched alkanes of at least 4 members (excludes halogenated alkanes) is 25. The fraction of sp³-hybridized carbons (Fsp3) is 0.780. The molecule has 1 aromatic heterocycles. The van der Waals surface area contributed by atoms with Gasteiger partial charge in [0.1, 0.15) is 12.4 Å². The molecule has 0 aliphatic carbocycles. The Bertz CT molecular complexity index is 839. The van der Waals surface area contributed by atoms with Crippen LogP contribution in [0.3, 0.4) is 0 Å². The fourth-order valence-electron chi connectivity index (χ4n) is 6.66. The molecule has 246 valence electrons. The monoisotopic (exact) mass is 594 g/mol. The Kier molecular flexibility index (Phi) is 24.4. The first kappa shape index (κ1) is 37.6. The van der Waals surface area contributed by atoms with Crippen LogP contribution in [0.1, 0.15) is 199 Å². The van der Waals surface area contributed by atoms with E-state index in [9.17, 15) is 0 Å². The number of aromatic nitrogens is 2. The van der Waals surface area contributed by atoms with E-state index in [0.717, 1.165) is 6.42 Å². The van der Waals surface area contributed by atoms with Gasteiger partial charge >= 0.3 is 0 Å². The van der Waals surface area contributed by atoms with Gasteiger partial charge in [0.2, 0.25) is 0 Å². The van der Waals surface area contributed by atoms with E-state index < -0.39 is 0 Å². The SMILES string of the molecule is CCCCCCCCCCCCCCCC[n+]1ccn(CCCCCCCCCCCCCCC)c1Cc1ccccc1. The van der Waals surface area contributed by atoms with Crippen molar-refractivity contribution < 1.29 is 4.57 Å². The van der Waals surface area contributed by atoms with Crippen LogP contribution >= 0.6 is 0 Å². The Hall–Kier alpha value is -1.57. The molecular weight excluding hydrogens is 520 g/mol. The Labute approximate surface area is 269 Å². The summed E-state index contributed by atoms with van der Waals surface area (Å²) in [5.41, 5.74) is 1.43. The lowest BCUT2D eigenvalue weighted by atomic mass is 10.0. The van der Waals surface area contributed by atoms with E-state index in [1.807, 2.05) is 0 Å². The van der Waals surface area contributed by atoms with E-state index in [0.29, 0.717) is 0 Å². The lowest BCUT2D eigenvalue weighted by Gasteiger charge is -2.07. The molecule has 1 aromatic carbocycles. The maximum atomic E-state index is 2.57. The van der Waals surface area contributed by atoms with Crippen molar-refractivity contribution in [3.8, 4) is 0 Å². The first-order valence-corrected chi connectivity index (χ1v) is 19.5. The number of rotatable bonds is 31. The molecule has 43 heavy (non-hydrogen) atoms. The quantitative estimate of drug-likeness (QED) is 0.0607. The number of aryl methyl sites for hydroxylation is 2. The van der Waals surface area contributed by atoms with Gasteiger partial charge in [0.05, 0.1) is 19.5 Å².